The maximum atomic E-state index is 13.7. The van der Waals surface area contributed by atoms with Crippen LogP contribution in [0.5, 0.6) is 0 Å². The zero-order valence-electron chi connectivity index (χ0n) is 38.2. The van der Waals surface area contributed by atoms with Gasteiger partial charge in [-0.2, -0.15) is 0 Å². The molecule has 354 valence electrons. The first-order valence-corrected chi connectivity index (χ1v) is 21.7. The molecule has 0 radical (unpaired) electrons. The molecule has 0 saturated carbocycles. The summed E-state index contributed by atoms with van der Waals surface area (Å²) in [6.07, 6.45) is 5.50. The van der Waals surface area contributed by atoms with Crippen molar-refractivity contribution in [1.29, 1.82) is 0 Å². The van der Waals surface area contributed by atoms with Gasteiger partial charge in [-0.25, -0.2) is 24.5 Å². The van der Waals surface area contributed by atoms with E-state index >= 15 is 0 Å². The van der Waals surface area contributed by atoms with Crippen LogP contribution in [-0.2, 0) is 33.4 Å². The standard InChI is InChI=1S/C42H52N10O6.C4H6O3.CH4/c1-22(2)33(49-41(55)57-6)39(53)51-18-8-10-31(51)37-43-20-29(47-37)26-14-12-25(13-15-26)27-16-17-28(36-35(27)45-24(5)46-36)30-21-44-38(48-30)32-11-9-19-52(32)40(54)34(23(3)4)50-42(56)58-7;1-3(5)7-4(2)6;/h12-17,20-23,31-34H,8-11,18-19H2,1-7H3,(H,43,47)(H,44,48)(H,45,46)(H,49,55)(H,50,56);1-2H3;1H4/t31-,32-,33-,34-;;/m0../s1. The molecule has 2 saturated heterocycles. The first kappa shape index (κ1) is 50.0. The van der Waals surface area contributed by atoms with Gasteiger partial charge < -0.3 is 49.6 Å². The SMILES string of the molecule is C.CC(=O)OC(C)=O.COC(=O)N[C@H](C(=O)N1CCC[C@H]1c1ncc(-c2ccc(-c3ccc(-c4cnc([C@@H]5CCCN5C(=O)[C@@H](NC(=O)OC)C(C)C)[nH]4)c4nc(C)[nH]c34)cc2)[nH]1)C(C)C. The average molecular weight is 911 g/mol. The van der Waals surface area contributed by atoms with Crippen molar-refractivity contribution in [3.05, 3.63) is 66.3 Å². The highest BCUT2D eigenvalue weighted by molar-refractivity contribution is 6.00. The van der Waals surface area contributed by atoms with Crippen LogP contribution in [0.3, 0.4) is 0 Å². The number of esters is 2. The quantitative estimate of drug-likeness (QED) is 0.0504. The van der Waals surface area contributed by atoms with E-state index < -0.39 is 36.2 Å². The van der Waals surface area contributed by atoms with Crippen molar-refractivity contribution in [2.75, 3.05) is 27.3 Å². The number of amides is 4. The fourth-order valence-electron chi connectivity index (χ4n) is 8.38. The molecule has 2 fully saturated rings. The molecule has 0 unspecified atom stereocenters. The number of benzene rings is 2. The van der Waals surface area contributed by atoms with E-state index in [1.165, 1.54) is 28.1 Å². The molecule has 2 aliphatic heterocycles. The number of carbonyl (C=O) groups is 6. The number of nitrogens with one attached hydrogen (secondary N) is 5. The molecule has 0 spiro atoms. The van der Waals surface area contributed by atoms with Crippen molar-refractivity contribution in [3.63, 3.8) is 0 Å². The Balaban J connectivity index is 0.000000945. The minimum Gasteiger partial charge on any atom is -0.453 e. The Morgan fingerprint density at radius 2 is 1.12 bits per heavy atom. The Morgan fingerprint density at radius 3 is 1.58 bits per heavy atom. The Labute approximate surface area is 384 Å². The summed E-state index contributed by atoms with van der Waals surface area (Å²) in [5, 5.41) is 5.40. The molecule has 0 bridgehead atoms. The lowest BCUT2D eigenvalue weighted by Gasteiger charge is -2.30. The summed E-state index contributed by atoms with van der Waals surface area (Å²) >= 11 is 0. The number of hydrogen-bond donors (Lipinski definition) is 5. The largest absolute Gasteiger partial charge is 0.453 e. The van der Waals surface area contributed by atoms with Gasteiger partial charge in [0.25, 0.3) is 0 Å². The molecule has 5 N–H and O–H groups in total. The van der Waals surface area contributed by atoms with E-state index in [1.807, 2.05) is 52.8 Å². The number of carbonyl (C=O) groups excluding carboxylic acids is 6. The highest BCUT2D eigenvalue weighted by Gasteiger charge is 2.39. The molecule has 5 heterocycles. The third kappa shape index (κ3) is 11.2. The van der Waals surface area contributed by atoms with Crippen LogP contribution in [0.4, 0.5) is 9.59 Å². The first-order valence-electron chi connectivity index (χ1n) is 21.7. The van der Waals surface area contributed by atoms with Crippen molar-refractivity contribution < 1.29 is 43.0 Å². The van der Waals surface area contributed by atoms with Crippen LogP contribution >= 0.6 is 0 Å². The number of H-pyrrole nitrogens is 3. The van der Waals surface area contributed by atoms with Crippen molar-refractivity contribution in [2.45, 2.75) is 106 Å². The van der Waals surface area contributed by atoms with E-state index in [0.717, 1.165) is 76.2 Å². The molecule has 3 aromatic heterocycles. The third-order valence-corrected chi connectivity index (χ3v) is 11.5. The average Bonchev–Trinajstić information content (AvgIpc) is 4.13. The number of hydrogen-bond acceptors (Lipinski definition) is 12. The molecule has 19 heteroatoms. The van der Waals surface area contributed by atoms with Gasteiger partial charge >= 0.3 is 24.1 Å². The number of aromatic amines is 3. The number of aryl methyl sites for hydroxylation is 1. The Bertz CT molecular complexity index is 2510. The van der Waals surface area contributed by atoms with E-state index in [0.29, 0.717) is 24.7 Å². The van der Waals surface area contributed by atoms with Gasteiger partial charge in [-0.3, -0.25) is 19.2 Å². The summed E-state index contributed by atoms with van der Waals surface area (Å²) in [7, 11) is 2.57. The van der Waals surface area contributed by atoms with Gasteiger partial charge in [0.15, 0.2) is 0 Å². The van der Waals surface area contributed by atoms with Crippen LogP contribution in [0.15, 0.2) is 48.8 Å². The van der Waals surface area contributed by atoms with Crippen LogP contribution in [-0.4, -0.2) is 115 Å². The fourth-order valence-corrected chi connectivity index (χ4v) is 8.38. The number of fused-ring (bicyclic) bond motifs is 1. The smallest absolute Gasteiger partial charge is 0.407 e. The normalized spacial score (nSPS) is 16.5. The van der Waals surface area contributed by atoms with Gasteiger partial charge in [0.1, 0.15) is 29.6 Å². The predicted octanol–water partition coefficient (Wildman–Crippen LogP) is 7.14. The van der Waals surface area contributed by atoms with Crippen LogP contribution in [0, 0.1) is 18.8 Å². The number of imidazole rings is 3. The van der Waals surface area contributed by atoms with Gasteiger partial charge in [0.05, 0.1) is 61.1 Å². The molecular weight excluding hydrogens is 849 g/mol. The second kappa shape index (κ2) is 21.8. The maximum absolute atomic E-state index is 13.7. The van der Waals surface area contributed by atoms with Crippen LogP contribution in [0.2, 0.25) is 0 Å². The highest BCUT2D eigenvalue weighted by Crippen LogP contribution is 2.38. The zero-order chi connectivity index (χ0) is 47.1. The van der Waals surface area contributed by atoms with E-state index in [9.17, 15) is 28.8 Å². The molecule has 4 amide bonds. The summed E-state index contributed by atoms with van der Waals surface area (Å²) in [6, 6.07) is 10.4. The van der Waals surface area contributed by atoms with Crippen molar-refractivity contribution in [3.8, 4) is 33.6 Å². The number of likely N-dealkylation sites (tertiary alicyclic amines) is 2. The fraction of sp³-hybridized carbons (Fsp3) is 0.468. The molecule has 0 aliphatic carbocycles. The van der Waals surface area contributed by atoms with E-state index in [-0.39, 0.29) is 43.2 Å². The lowest BCUT2D eigenvalue weighted by molar-refractivity contribution is -0.156. The number of ether oxygens (including phenoxy) is 3. The molecule has 2 aliphatic rings. The van der Waals surface area contributed by atoms with E-state index in [2.05, 4.69) is 48.5 Å². The monoisotopic (exact) mass is 910 g/mol. The number of methoxy groups -OCH3 is 2. The summed E-state index contributed by atoms with van der Waals surface area (Å²) in [6.45, 7) is 13.0. The lowest BCUT2D eigenvalue weighted by Crippen LogP contribution is -2.51. The minimum absolute atomic E-state index is 0. The number of aromatic nitrogens is 6. The van der Waals surface area contributed by atoms with Crippen molar-refractivity contribution in [1.82, 2.24) is 50.3 Å². The third-order valence-electron chi connectivity index (χ3n) is 11.5. The number of alkyl carbamates (subject to hydrolysis) is 2. The molecule has 4 atom stereocenters. The summed E-state index contributed by atoms with van der Waals surface area (Å²) in [5.41, 5.74) is 7.13. The molecule has 5 aromatic rings. The minimum atomic E-state index is -0.713. The van der Waals surface area contributed by atoms with Gasteiger partial charge in [-0.05, 0) is 61.6 Å². The van der Waals surface area contributed by atoms with Gasteiger partial charge in [0.2, 0.25) is 11.8 Å². The summed E-state index contributed by atoms with van der Waals surface area (Å²) < 4.78 is 13.5. The molecule has 2 aromatic carbocycles. The van der Waals surface area contributed by atoms with Crippen molar-refractivity contribution >= 4 is 47.0 Å². The number of rotatable bonds is 11. The predicted molar refractivity (Wildman–Crippen MR) is 246 cm³/mol. The molecule has 66 heavy (non-hydrogen) atoms. The number of nitrogens with zero attached hydrogens (tertiary/aromatic N) is 5. The van der Waals surface area contributed by atoms with E-state index in [1.54, 1.807) is 22.2 Å². The summed E-state index contributed by atoms with van der Waals surface area (Å²) in [5.74, 6) is 0.492. The van der Waals surface area contributed by atoms with Gasteiger partial charge in [-0.15, -0.1) is 0 Å². The molecule has 19 nitrogen and oxygen atoms in total. The van der Waals surface area contributed by atoms with Gasteiger partial charge in [0, 0.05) is 38.1 Å². The second-order valence-electron chi connectivity index (χ2n) is 16.8. The van der Waals surface area contributed by atoms with Crippen LogP contribution < -0.4 is 10.6 Å². The Morgan fingerprint density at radius 1 is 0.667 bits per heavy atom. The topological polar surface area (TPSA) is 247 Å². The molecular formula is C47H62N10O9. The zero-order valence-corrected chi connectivity index (χ0v) is 38.2. The second-order valence-corrected chi connectivity index (χ2v) is 16.8. The Kier molecular flexibility index (Phi) is 16.5. The van der Waals surface area contributed by atoms with Crippen LogP contribution in [0.1, 0.15) is 104 Å². The van der Waals surface area contributed by atoms with Gasteiger partial charge in [-0.1, -0.05) is 65.5 Å². The highest BCUT2D eigenvalue weighted by atomic mass is 16.6. The van der Waals surface area contributed by atoms with Crippen LogP contribution in [0.25, 0.3) is 44.7 Å². The maximum Gasteiger partial charge on any atom is 0.407 e. The first-order chi connectivity index (χ1) is 31.0. The van der Waals surface area contributed by atoms with Crippen molar-refractivity contribution in [2.24, 2.45) is 11.8 Å². The van der Waals surface area contributed by atoms with E-state index in [4.69, 9.17) is 24.4 Å². The Hall–Kier alpha value is -7.05. The summed E-state index contributed by atoms with van der Waals surface area (Å²) in [4.78, 5) is 99.3. The molecule has 7 rings (SSSR count). The lowest BCUT2D eigenvalue weighted by atomic mass is 9.99.